The fourth-order valence-electron chi connectivity index (χ4n) is 4.64. The second-order valence-electron chi connectivity index (χ2n) is 9.55. The van der Waals surface area contributed by atoms with Crippen molar-refractivity contribution < 1.29 is 23.1 Å². The standard InChI is InChI=1S/C26H33NO5S/c1-18(2)14-23-15-22(16-25(29)21-8-6-5-7-9-21)26(30,20(4)28)17-27(23)33(31,32)24-12-10-19(3)11-13-24/h5-13,18,22-23,30H,14-17H2,1-4H3/t22-,23+,26+/m1/s1. The molecule has 1 fully saturated rings. The maximum atomic E-state index is 13.6. The monoisotopic (exact) mass is 471 g/mol. The topological polar surface area (TPSA) is 91.8 Å². The van der Waals surface area contributed by atoms with Gasteiger partial charge >= 0.3 is 0 Å². The zero-order valence-electron chi connectivity index (χ0n) is 19.7. The quantitative estimate of drug-likeness (QED) is 0.587. The second kappa shape index (κ2) is 9.87. The number of benzene rings is 2. The molecule has 1 aliphatic heterocycles. The summed E-state index contributed by atoms with van der Waals surface area (Å²) in [6.45, 7) is 6.79. The molecule has 3 atom stereocenters. The van der Waals surface area contributed by atoms with Gasteiger partial charge in [0.2, 0.25) is 10.0 Å². The summed E-state index contributed by atoms with van der Waals surface area (Å²) in [4.78, 5) is 25.7. The third-order valence-electron chi connectivity index (χ3n) is 6.54. The van der Waals surface area contributed by atoms with Crippen LogP contribution in [0.1, 0.15) is 56.0 Å². The van der Waals surface area contributed by atoms with E-state index in [0.717, 1.165) is 5.56 Å². The lowest BCUT2D eigenvalue weighted by molar-refractivity contribution is -0.148. The van der Waals surface area contributed by atoms with E-state index < -0.39 is 33.4 Å². The van der Waals surface area contributed by atoms with Crippen molar-refractivity contribution in [1.29, 1.82) is 0 Å². The number of aryl methyl sites for hydroxylation is 1. The first kappa shape index (κ1) is 25.3. The van der Waals surface area contributed by atoms with Crippen LogP contribution < -0.4 is 0 Å². The molecule has 178 valence electrons. The average Bonchev–Trinajstić information content (AvgIpc) is 2.76. The Kier molecular flexibility index (Phi) is 7.56. The van der Waals surface area contributed by atoms with Crippen LogP contribution in [0.3, 0.4) is 0 Å². The maximum absolute atomic E-state index is 13.6. The van der Waals surface area contributed by atoms with Crippen molar-refractivity contribution in [2.24, 2.45) is 11.8 Å². The molecule has 0 amide bonds. The van der Waals surface area contributed by atoms with Crippen LogP contribution in [0.4, 0.5) is 0 Å². The Labute approximate surface area is 196 Å². The van der Waals surface area contributed by atoms with Crippen molar-refractivity contribution in [2.45, 2.75) is 63.5 Å². The van der Waals surface area contributed by atoms with Gasteiger partial charge in [0.25, 0.3) is 0 Å². The van der Waals surface area contributed by atoms with Gasteiger partial charge in [-0.1, -0.05) is 61.9 Å². The number of hydrogen-bond donors (Lipinski definition) is 1. The first-order valence-electron chi connectivity index (χ1n) is 11.4. The molecule has 2 aromatic rings. The van der Waals surface area contributed by atoms with Crippen molar-refractivity contribution in [1.82, 2.24) is 4.31 Å². The number of hydrogen-bond acceptors (Lipinski definition) is 5. The van der Waals surface area contributed by atoms with Gasteiger partial charge in [0, 0.05) is 23.9 Å². The molecule has 0 unspecified atom stereocenters. The average molecular weight is 472 g/mol. The van der Waals surface area contributed by atoms with E-state index in [1.807, 2.05) is 26.8 Å². The van der Waals surface area contributed by atoms with E-state index in [0.29, 0.717) is 12.0 Å². The molecule has 2 aromatic carbocycles. The minimum absolute atomic E-state index is 0.0207. The summed E-state index contributed by atoms with van der Waals surface area (Å²) < 4.78 is 28.5. The van der Waals surface area contributed by atoms with Gasteiger partial charge in [-0.15, -0.1) is 0 Å². The Morgan fingerprint density at radius 3 is 2.24 bits per heavy atom. The lowest BCUT2D eigenvalue weighted by atomic mass is 9.73. The van der Waals surface area contributed by atoms with E-state index in [2.05, 4.69) is 0 Å². The van der Waals surface area contributed by atoms with Crippen molar-refractivity contribution in [3.05, 3.63) is 65.7 Å². The fourth-order valence-corrected chi connectivity index (χ4v) is 6.32. The van der Waals surface area contributed by atoms with E-state index in [1.165, 1.54) is 11.2 Å². The van der Waals surface area contributed by atoms with Crippen LogP contribution in [0.2, 0.25) is 0 Å². The molecule has 0 saturated carbocycles. The summed E-state index contributed by atoms with van der Waals surface area (Å²) in [5.41, 5.74) is -0.486. The van der Waals surface area contributed by atoms with Crippen LogP contribution in [0, 0.1) is 18.8 Å². The Morgan fingerprint density at radius 1 is 1.09 bits per heavy atom. The predicted octanol–water partition coefficient (Wildman–Crippen LogP) is 4.01. The maximum Gasteiger partial charge on any atom is 0.243 e. The highest BCUT2D eigenvalue weighted by molar-refractivity contribution is 7.89. The van der Waals surface area contributed by atoms with Crippen molar-refractivity contribution in [2.75, 3.05) is 6.54 Å². The first-order valence-corrected chi connectivity index (χ1v) is 12.8. The number of ketones is 2. The van der Waals surface area contributed by atoms with Crippen molar-refractivity contribution in [3.63, 3.8) is 0 Å². The minimum Gasteiger partial charge on any atom is -0.380 e. The van der Waals surface area contributed by atoms with Crippen LogP contribution in [-0.4, -0.2) is 47.6 Å². The van der Waals surface area contributed by atoms with E-state index >= 15 is 0 Å². The van der Waals surface area contributed by atoms with Gasteiger partial charge in [-0.25, -0.2) is 8.42 Å². The molecule has 0 spiro atoms. The zero-order chi connectivity index (χ0) is 24.4. The fraction of sp³-hybridized carbons (Fsp3) is 0.462. The molecule has 1 saturated heterocycles. The van der Waals surface area contributed by atoms with Gasteiger partial charge in [0.1, 0.15) is 5.60 Å². The second-order valence-corrected chi connectivity index (χ2v) is 11.4. The molecule has 7 heteroatoms. The molecule has 1 aliphatic rings. The van der Waals surface area contributed by atoms with Gasteiger partial charge in [0.05, 0.1) is 11.4 Å². The molecule has 1 N–H and O–H groups in total. The molecule has 0 bridgehead atoms. The Hall–Kier alpha value is -2.35. The lowest BCUT2D eigenvalue weighted by Crippen LogP contribution is -2.62. The highest BCUT2D eigenvalue weighted by atomic mass is 32.2. The van der Waals surface area contributed by atoms with E-state index in [1.54, 1.807) is 48.5 Å². The van der Waals surface area contributed by atoms with Gasteiger partial charge in [-0.2, -0.15) is 4.31 Å². The largest absolute Gasteiger partial charge is 0.380 e. The van der Waals surface area contributed by atoms with Crippen molar-refractivity contribution >= 4 is 21.6 Å². The molecule has 33 heavy (non-hydrogen) atoms. The molecular weight excluding hydrogens is 438 g/mol. The SMILES string of the molecule is CC(=O)[C@@]1(O)CN(S(=O)(=O)c2ccc(C)cc2)[C@@H](CC(C)C)C[C@@H]1CC(=O)c1ccccc1. The predicted molar refractivity (Wildman–Crippen MR) is 127 cm³/mol. The summed E-state index contributed by atoms with van der Waals surface area (Å²) in [6.07, 6.45) is 0.778. The number of sulfonamides is 1. The summed E-state index contributed by atoms with van der Waals surface area (Å²) in [5, 5.41) is 11.5. The van der Waals surface area contributed by atoms with E-state index in [4.69, 9.17) is 0 Å². The number of carbonyl (C=O) groups excluding carboxylic acids is 2. The molecule has 0 radical (unpaired) electrons. The van der Waals surface area contributed by atoms with Gasteiger partial charge in [0.15, 0.2) is 11.6 Å². The van der Waals surface area contributed by atoms with Crippen LogP contribution in [0.25, 0.3) is 0 Å². The number of Topliss-reactive ketones (excluding diaryl/α,β-unsaturated/α-hetero) is 2. The molecular formula is C26H33NO5S. The molecule has 6 nitrogen and oxygen atoms in total. The van der Waals surface area contributed by atoms with Crippen LogP contribution in [-0.2, 0) is 14.8 Å². The Morgan fingerprint density at radius 2 is 1.70 bits per heavy atom. The lowest BCUT2D eigenvalue weighted by Gasteiger charge is -2.47. The number of piperidine rings is 1. The normalized spacial score (nSPS) is 24.1. The molecule has 1 heterocycles. The van der Waals surface area contributed by atoms with Crippen LogP contribution >= 0.6 is 0 Å². The van der Waals surface area contributed by atoms with Crippen molar-refractivity contribution in [3.8, 4) is 0 Å². The van der Waals surface area contributed by atoms with Gasteiger partial charge in [-0.3, -0.25) is 9.59 Å². The third kappa shape index (κ3) is 5.42. The number of carbonyl (C=O) groups is 2. The number of β-amino-alcohol motifs (C(OH)–C–C–N with tert-alkyl or cyclic N) is 1. The highest BCUT2D eigenvalue weighted by Crippen LogP contribution is 2.40. The van der Waals surface area contributed by atoms with Crippen LogP contribution in [0.15, 0.2) is 59.5 Å². The third-order valence-corrected chi connectivity index (χ3v) is 8.46. The van der Waals surface area contributed by atoms with E-state index in [9.17, 15) is 23.1 Å². The van der Waals surface area contributed by atoms with Gasteiger partial charge < -0.3 is 5.11 Å². The first-order chi connectivity index (χ1) is 15.4. The molecule has 3 rings (SSSR count). The molecule has 0 aromatic heterocycles. The summed E-state index contributed by atoms with van der Waals surface area (Å²) >= 11 is 0. The number of aliphatic hydroxyl groups is 1. The number of rotatable bonds is 8. The smallest absolute Gasteiger partial charge is 0.243 e. The summed E-state index contributed by atoms with van der Waals surface area (Å²) in [6, 6.07) is 14.9. The molecule has 0 aliphatic carbocycles. The zero-order valence-corrected chi connectivity index (χ0v) is 20.5. The minimum atomic E-state index is -3.95. The summed E-state index contributed by atoms with van der Waals surface area (Å²) in [5.74, 6) is -1.17. The van der Waals surface area contributed by atoms with Gasteiger partial charge in [-0.05, 0) is 44.7 Å². The Bertz CT molecular complexity index is 1100. The highest BCUT2D eigenvalue weighted by Gasteiger charge is 2.52. The van der Waals surface area contributed by atoms with Crippen LogP contribution in [0.5, 0.6) is 0 Å². The number of nitrogens with zero attached hydrogens (tertiary/aromatic N) is 1. The summed E-state index contributed by atoms with van der Waals surface area (Å²) in [7, 11) is -3.95. The van der Waals surface area contributed by atoms with E-state index in [-0.39, 0.29) is 36.0 Å². The Balaban J connectivity index is 1.99.